The highest BCUT2D eigenvalue weighted by Gasteiger charge is 2.46. The lowest BCUT2D eigenvalue weighted by molar-refractivity contribution is -0.139. The van der Waals surface area contributed by atoms with Crippen LogP contribution in [0, 0.1) is 5.92 Å². The Labute approximate surface area is 128 Å². The van der Waals surface area contributed by atoms with Gasteiger partial charge in [0.1, 0.15) is 11.9 Å². The van der Waals surface area contributed by atoms with Gasteiger partial charge in [-0.25, -0.2) is 4.79 Å². The number of esters is 1. The van der Waals surface area contributed by atoms with E-state index in [0.717, 1.165) is 17.6 Å². The van der Waals surface area contributed by atoms with Crippen molar-refractivity contribution in [2.24, 2.45) is 5.92 Å². The highest BCUT2D eigenvalue weighted by Crippen LogP contribution is 2.47. The molecule has 2 aliphatic heterocycles. The van der Waals surface area contributed by atoms with Gasteiger partial charge in [-0.1, -0.05) is 30.8 Å². The summed E-state index contributed by atoms with van der Waals surface area (Å²) in [6.07, 6.45) is 3.42. The van der Waals surface area contributed by atoms with Gasteiger partial charge < -0.3 is 14.2 Å². The molecule has 0 radical (unpaired) electrons. The van der Waals surface area contributed by atoms with E-state index in [9.17, 15) is 4.79 Å². The highest BCUT2D eigenvalue weighted by atomic mass is 16.7. The van der Waals surface area contributed by atoms with Crippen molar-refractivity contribution in [1.29, 1.82) is 0 Å². The molecule has 0 bridgehead atoms. The number of fused-ring (bicyclic) bond motifs is 3. The number of carbonyl (C=O) groups excluding carboxylic acids is 1. The van der Waals surface area contributed by atoms with Gasteiger partial charge in [-0.15, -0.1) is 0 Å². The monoisotopic (exact) mass is 296 g/mol. The second-order valence-electron chi connectivity index (χ2n) is 5.80. The Morgan fingerprint density at radius 3 is 2.91 bits per heavy atom. The molecule has 1 aromatic rings. The maximum absolute atomic E-state index is 12.1. The van der Waals surface area contributed by atoms with E-state index in [4.69, 9.17) is 14.2 Å². The van der Waals surface area contributed by atoms with Gasteiger partial charge in [0.15, 0.2) is 0 Å². The summed E-state index contributed by atoms with van der Waals surface area (Å²) in [6.45, 7) is 5.69. The standard InChI is InChI=1S/C18H16O4/c1-10-7-16(21-11(10)2)20-9-15-14-8-12-5-3-4-6-13(12)17(14)22-18(15)19/h3-7,9,14,16-17H,2,8H2,1H3/b15-9+/t14-,16-,17-/m1/s1. The Bertz CT molecular complexity index is 728. The van der Waals surface area contributed by atoms with Crippen molar-refractivity contribution >= 4 is 5.97 Å². The second-order valence-corrected chi connectivity index (χ2v) is 5.80. The van der Waals surface area contributed by atoms with Gasteiger partial charge in [0, 0.05) is 12.0 Å². The number of hydrogen-bond donors (Lipinski definition) is 0. The Morgan fingerprint density at radius 2 is 2.14 bits per heavy atom. The van der Waals surface area contributed by atoms with Crippen LogP contribution in [0.3, 0.4) is 0 Å². The molecule has 1 fully saturated rings. The zero-order valence-electron chi connectivity index (χ0n) is 12.2. The van der Waals surface area contributed by atoms with Crippen LogP contribution in [0.4, 0.5) is 0 Å². The molecule has 4 heteroatoms. The molecule has 4 rings (SSSR count). The van der Waals surface area contributed by atoms with E-state index in [-0.39, 0.29) is 18.0 Å². The minimum atomic E-state index is -0.518. The highest BCUT2D eigenvalue weighted by molar-refractivity contribution is 5.92. The zero-order chi connectivity index (χ0) is 15.3. The molecule has 2 heterocycles. The van der Waals surface area contributed by atoms with Crippen molar-refractivity contribution in [1.82, 2.24) is 0 Å². The summed E-state index contributed by atoms with van der Waals surface area (Å²) in [5.41, 5.74) is 3.86. The second kappa shape index (κ2) is 4.77. The lowest BCUT2D eigenvalue weighted by atomic mass is 9.98. The Hall–Kier alpha value is -2.49. The molecule has 22 heavy (non-hydrogen) atoms. The number of rotatable bonds is 2. The Kier molecular flexibility index (Phi) is 2.86. The molecular formula is C18H16O4. The van der Waals surface area contributed by atoms with Crippen molar-refractivity contribution in [3.05, 3.63) is 71.2 Å². The summed E-state index contributed by atoms with van der Waals surface area (Å²) in [7, 11) is 0. The van der Waals surface area contributed by atoms with E-state index >= 15 is 0 Å². The summed E-state index contributed by atoms with van der Waals surface area (Å²) < 4.78 is 16.5. The predicted molar refractivity (Wildman–Crippen MR) is 79.4 cm³/mol. The van der Waals surface area contributed by atoms with Gasteiger partial charge in [0.2, 0.25) is 0 Å². The summed E-state index contributed by atoms with van der Waals surface area (Å²) in [5.74, 6) is 0.324. The largest absolute Gasteiger partial charge is 0.458 e. The lowest BCUT2D eigenvalue weighted by Crippen LogP contribution is -2.09. The van der Waals surface area contributed by atoms with Gasteiger partial charge in [-0.2, -0.15) is 0 Å². The number of hydrogen-bond acceptors (Lipinski definition) is 4. The Morgan fingerprint density at radius 1 is 1.32 bits per heavy atom. The third-order valence-corrected chi connectivity index (χ3v) is 4.45. The molecule has 0 N–H and O–H groups in total. The van der Waals surface area contributed by atoms with Crippen LogP contribution >= 0.6 is 0 Å². The van der Waals surface area contributed by atoms with Crippen molar-refractivity contribution < 1.29 is 19.0 Å². The molecule has 1 aliphatic carbocycles. The summed E-state index contributed by atoms with van der Waals surface area (Å²) in [5, 5.41) is 0. The number of carbonyl (C=O) groups is 1. The minimum absolute atomic E-state index is 0.0274. The van der Waals surface area contributed by atoms with Crippen LogP contribution in [0.2, 0.25) is 0 Å². The average molecular weight is 296 g/mol. The Balaban J connectivity index is 1.55. The molecular weight excluding hydrogens is 280 g/mol. The van der Waals surface area contributed by atoms with E-state index in [1.807, 2.05) is 31.2 Å². The van der Waals surface area contributed by atoms with Crippen molar-refractivity contribution in [2.45, 2.75) is 25.7 Å². The SMILES string of the molecule is C=C1O[C@@H](O/C=C2/C(=O)O[C@@H]3c4ccccc4C[C@H]23)C=C1C. The predicted octanol–water partition coefficient (Wildman–Crippen LogP) is 3.17. The van der Waals surface area contributed by atoms with Gasteiger partial charge in [0.25, 0.3) is 6.29 Å². The van der Waals surface area contributed by atoms with E-state index in [0.29, 0.717) is 11.3 Å². The third kappa shape index (κ3) is 1.95. The molecule has 0 unspecified atom stereocenters. The quantitative estimate of drug-likeness (QED) is 0.478. The number of allylic oxidation sites excluding steroid dienone is 1. The van der Waals surface area contributed by atoms with E-state index in [1.54, 1.807) is 0 Å². The third-order valence-electron chi connectivity index (χ3n) is 4.45. The van der Waals surface area contributed by atoms with Crippen LogP contribution in [0.15, 0.2) is 60.1 Å². The molecule has 1 saturated heterocycles. The lowest BCUT2D eigenvalue weighted by Gasteiger charge is -2.11. The smallest absolute Gasteiger partial charge is 0.338 e. The topological polar surface area (TPSA) is 44.8 Å². The maximum atomic E-state index is 12.1. The zero-order valence-corrected chi connectivity index (χ0v) is 12.2. The van der Waals surface area contributed by atoms with Crippen molar-refractivity contribution in [2.75, 3.05) is 0 Å². The molecule has 0 spiro atoms. The summed E-state index contributed by atoms with van der Waals surface area (Å²) in [4.78, 5) is 12.1. The van der Waals surface area contributed by atoms with E-state index < -0.39 is 6.29 Å². The average Bonchev–Trinajstić information content (AvgIpc) is 3.10. The first-order valence-corrected chi connectivity index (χ1v) is 7.32. The van der Waals surface area contributed by atoms with Crippen LogP contribution in [-0.4, -0.2) is 12.3 Å². The fourth-order valence-corrected chi connectivity index (χ4v) is 3.22. The van der Waals surface area contributed by atoms with Gasteiger partial charge in [0.05, 0.1) is 11.8 Å². The molecule has 3 atom stereocenters. The fourth-order valence-electron chi connectivity index (χ4n) is 3.22. The van der Waals surface area contributed by atoms with E-state index in [2.05, 4.69) is 12.6 Å². The molecule has 1 aromatic carbocycles. The first kappa shape index (κ1) is 13.2. The first-order valence-electron chi connectivity index (χ1n) is 7.32. The normalized spacial score (nSPS) is 30.7. The molecule has 3 aliphatic rings. The van der Waals surface area contributed by atoms with Crippen molar-refractivity contribution in [3.63, 3.8) is 0 Å². The molecule has 0 amide bonds. The van der Waals surface area contributed by atoms with Crippen LogP contribution in [0.1, 0.15) is 24.2 Å². The summed E-state index contributed by atoms with van der Waals surface area (Å²) >= 11 is 0. The first-order chi connectivity index (χ1) is 10.6. The molecule has 0 aromatic heterocycles. The maximum Gasteiger partial charge on any atom is 0.338 e. The van der Waals surface area contributed by atoms with Gasteiger partial charge in [-0.05, 0) is 30.0 Å². The fraction of sp³-hybridized carbons (Fsp3) is 0.278. The van der Waals surface area contributed by atoms with Crippen LogP contribution in [-0.2, 0) is 25.4 Å². The van der Waals surface area contributed by atoms with Crippen molar-refractivity contribution in [3.8, 4) is 0 Å². The molecule has 112 valence electrons. The van der Waals surface area contributed by atoms with Crippen LogP contribution in [0.5, 0.6) is 0 Å². The number of benzene rings is 1. The molecule has 0 saturated carbocycles. The van der Waals surface area contributed by atoms with Gasteiger partial charge in [-0.3, -0.25) is 0 Å². The summed E-state index contributed by atoms with van der Waals surface area (Å²) in [6, 6.07) is 8.08. The molecule has 4 nitrogen and oxygen atoms in total. The van der Waals surface area contributed by atoms with Gasteiger partial charge >= 0.3 is 5.97 Å². The van der Waals surface area contributed by atoms with E-state index in [1.165, 1.54) is 11.8 Å². The number of ether oxygens (including phenoxy) is 3. The minimum Gasteiger partial charge on any atom is -0.458 e. The van der Waals surface area contributed by atoms with Crippen LogP contribution in [0.25, 0.3) is 0 Å². The van der Waals surface area contributed by atoms with Crippen LogP contribution < -0.4 is 0 Å².